The Morgan fingerprint density at radius 1 is 1.36 bits per heavy atom. The molecule has 2 saturated heterocycles. The zero-order chi connectivity index (χ0) is 7.73. The Kier molecular flexibility index (Phi) is 1.87. The summed E-state index contributed by atoms with van der Waals surface area (Å²) in [5, 5.41) is 9.65. The first-order chi connectivity index (χ1) is 5.33. The van der Waals surface area contributed by atoms with Crippen molar-refractivity contribution in [2.75, 3.05) is 19.8 Å². The van der Waals surface area contributed by atoms with Crippen LogP contribution in [0, 0.1) is 0 Å². The molecule has 2 atom stereocenters. The van der Waals surface area contributed by atoms with Crippen LogP contribution in [0.3, 0.4) is 0 Å². The van der Waals surface area contributed by atoms with E-state index in [1.807, 2.05) is 0 Å². The summed E-state index contributed by atoms with van der Waals surface area (Å²) in [5.74, 6) is 0. The van der Waals surface area contributed by atoms with Gasteiger partial charge in [0.25, 0.3) is 0 Å². The molecule has 11 heavy (non-hydrogen) atoms. The van der Waals surface area contributed by atoms with Gasteiger partial charge in [0, 0.05) is 13.2 Å². The van der Waals surface area contributed by atoms with E-state index in [-0.39, 0.29) is 11.7 Å². The molecule has 2 aliphatic rings. The van der Waals surface area contributed by atoms with Crippen molar-refractivity contribution in [2.45, 2.75) is 31.0 Å². The molecule has 0 aromatic heterocycles. The first kappa shape index (κ1) is 7.53. The number of aliphatic hydroxyl groups excluding tert-OH is 1. The molecule has 0 aliphatic carbocycles. The molecule has 3 heteroatoms. The summed E-state index contributed by atoms with van der Waals surface area (Å²) >= 11 is 0. The molecule has 0 saturated carbocycles. The van der Waals surface area contributed by atoms with E-state index in [4.69, 9.17) is 9.47 Å². The monoisotopic (exact) mass is 158 g/mol. The lowest BCUT2D eigenvalue weighted by Gasteiger charge is -2.36. The van der Waals surface area contributed by atoms with Crippen molar-refractivity contribution in [3.8, 4) is 0 Å². The molecule has 2 rings (SSSR count). The fourth-order valence-corrected chi connectivity index (χ4v) is 1.89. The molecule has 0 amide bonds. The number of rotatable bonds is 0. The topological polar surface area (TPSA) is 38.7 Å². The Bertz CT molecular complexity index is 140. The second-order valence-electron chi connectivity index (χ2n) is 3.37. The van der Waals surface area contributed by atoms with Gasteiger partial charge in [0.1, 0.15) is 5.60 Å². The van der Waals surface area contributed by atoms with Gasteiger partial charge in [-0.05, 0) is 19.3 Å². The predicted molar refractivity (Wildman–Crippen MR) is 39.4 cm³/mol. The number of ether oxygens (including phenoxy) is 2. The van der Waals surface area contributed by atoms with E-state index in [1.54, 1.807) is 0 Å². The van der Waals surface area contributed by atoms with Crippen molar-refractivity contribution in [1.29, 1.82) is 0 Å². The largest absolute Gasteiger partial charge is 0.390 e. The predicted octanol–water partition coefficient (Wildman–Crippen LogP) is 0.317. The van der Waals surface area contributed by atoms with Crippen LogP contribution in [0.4, 0.5) is 0 Å². The maximum atomic E-state index is 9.65. The summed E-state index contributed by atoms with van der Waals surface area (Å²) in [6.45, 7) is 2.03. The van der Waals surface area contributed by atoms with Crippen molar-refractivity contribution >= 4 is 0 Å². The minimum Gasteiger partial charge on any atom is -0.390 e. The molecule has 3 nitrogen and oxygen atoms in total. The quantitative estimate of drug-likeness (QED) is 0.551. The van der Waals surface area contributed by atoms with Crippen molar-refractivity contribution in [2.24, 2.45) is 0 Å². The molecule has 2 fully saturated rings. The van der Waals surface area contributed by atoms with Crippen molar-refractivity contribution in [3.05, 3.63) is 0 Å². The van der Waals surface area contributed by atoms with Crippen LogP contribution >= 0.6 is 0 Å². The first-order valence-corrected chi connectivity index (χ1v) is 4.23. The van der Waals surface area contributed by atoms with Crippen LogP contribution in [0.1, 0.15) is 19.3 Å². The number of hydrogen-bond donors (Lipinski definition) is 1. The third-order valence-electron chi connectivity index (χ3n) is 2.62. The van der Waals surface area contributed by atoms with Gasteiger partial charge < -0.3 is 14.6 Å². The zero-order valence-electron chi connectivity index (χ0n) is 6.58. The summed E-state index contributed by atoms with van der Waals surface area (Å²) < 4.78 is 10.8. The minimum absolute atomic E-state index is 0.307. The lowest BCUT2D eigenvalue weighted by molar-refractivity contribution is -0.165. The highest BCUT2D eigenvalue weighted by molar-refractivity contribution is 4.93. The first-order valence-electron chi connectivity index (χ1n) is 4.23. The van der Waals surface area contributed by atoms with E-state index in [9.17, 15) is 5.11 Å². The lowest BCUT2D eigenvalue weighted by Crippen LogP contribution is -2.49. The number of aliphatic hydroxyl groups is 1. The van der Waals surface area contributed by atoms with Crippen LogP contribution in [0.25, 0.3) is 0 Å². The summed E-state index contributed by atoms with van der Waals surface area (Å²) in [5.41, 5.74) is -0.335. The van der Waals surface area contributed by atoms with E-state index in [2.05, 4.69) is 0 Å². The molecule has 1 spiro atoms. The molecule has 0 radical (unpaired) electrons. The molecule has 2 aliphatic heterocycles. The minimum atomic E-state index is -0.335. The van der Waals surface area contributed by atoms with Crippen LogP contribution in [-0.2, 0) is 9.47 Å². The zero-order valence-corrected chi connectivity index (χ0v) is 6.58. The molecule has 2 heterocycles. The Labute approximate surface area is 66.3 Å². The fourth-order valence-electron chi connectivity index (χ4n) is 1.89. The maximum Gasteiger partial charge on any atom is 0.117 e. The third-order valence-corrected chi connectivity index (χ3v) is 2.62. The summed E-state index contributed by atoms with van der Waals surface area (Å²) in [6.07, 6.45) is 2.42. The van der Waals surface area contributed by atoms with E-state index in [0.717, 1.165) is 25.9 Å². The fraction of sp³-hybridized carbons (Fsp3) is 1.00. The van der Waals surface area contributed by atoms with Crippen LogP contribution < -0.4 is 0 Å². The molecular formula is C8H14O3. The van der Waals surface area contributed by atoms with E-state index in [1.165, 1.54) is 0 Å². The van der Waals surface area contributed by atoms with E-state index < -0.39 is 0 Å². The van der Waals surface area contributed by atoms with Crippen molar-refractivity contribution in [3.63, 3.8) is 0 Å². The lowest BCUT2D eigenvalue weighted by atomic mass is 9.90. The highest BCUT2D eigenvalue weighted by atomic mass is 16.6. The standard InChI is InChI=1S/C8H14O3/c9-7-2-5-10-6-8(7)3-1-4-11-8/h7,9H,1-6H2. The molecule has 0 bridgehead atoms. The van der Waals surface area contributed by atoms with Gasteiger partial charge in [-0.25, -0.2) is 0 Å². The summed E-state index contributed by atoms with van der Waals surface area (Å²) in [4.78, 5) is 0. The molecule has 2 unspecified atom stereocenters. The molecule has 0 aromatic rings. The van der Waals surface area contributed by atoms with Crippen molar-refractivity contribution < 1.29 is 14.6 Å². The number of hydrogen-bond acceptors (Lipinski definition) is 3. The average molecular weight is 158 g/mol. The van der Waals surface area contributed by atoms with Crippen LogP contribution in [0.15, 0.2) is 0 Å². The van der Waals surface area contributed by atoms with Crippen LogP contribution in [0.5, 0.6) is 0 Å². The van der Waals surface area contributed by atoms with Gasteiger partial charge in [-0.15, -0.1) is 0 Å². The molecular weight excluding hydrogens is 144 g/mol. The Hall–Kier alpha value is -0.120. The second-order valence-corrected chi connectivity index (χ2v) is 3.37. The van der Waals surface area contributed by atoms with Gasteiger partial charge in [0.15, 0.2) is 0 Å². The van der Waals surface area contributed by atoms with Crippen LogP contribution in [0.2, 0.25) is 0 Å². The molecule has 1 N–H and O–H groups in total. The van der Waals surface area contributed by atoms with E-state index >= 15 is 0 Å². The van der Waals surface area contributed by atoms with Gasteiger partial charge in [-0.3, -0.25) is 0 Å². The van der Waals surface area contributed by atoms with Gasteiger partial charge in [0.2, 0.25) is 0 Å². The average Bonchev–Trinajstić information content (AvgIpc) is 2.46. The Balaban J connectivity index is 2.07. The second kappa shape index (κ2) is 2.73. The summed E-state index contributed by atoms with van der Waals surface area (Å²) in [6, 6.07) is 0. The Morgan fingerprint density at radius 3 is 2.91 bits per heavy atom. The van der Waals surface area contributed by atoms with E-state index in [0.29, 0.717) is 13.2 Å². The summed E-state index contributed by atoms with van der Waals surface area (Å²) in [7, 11) is 0. The third kappa shape index (κ3) is 1.17. The van der Waals surface area contributed by atoms with Gasteiger partial charge in [-0.2, -0.15) is 0 Å². The smallest absolute Gasteiger partial charge is 0.117 e. The van der Waals surface area contributed by atoms with Gasteiger partial charge >= 0.3 is 0 Å². The molecule has 64 valence electrons. The highest BCUT2D eigenvalue weighted by Crippen LogP contribution is 2.33. The van der Waals surface area contributed by atoms with Gasteiger partial charge in [-0.1, -0.05) is 0 Å². The highest BCUT2D eigenvalue weighted by Gasteiger charge is 2.44. The van der Waals surface area contributed by atoms with Crippen molar-refractivity contribution in [1.82, 2.24) is 0 Å². The van der Waals surface area contributed by atoms with Gasteiger partial charge in [0.05, 0.1) is 12.7 Å². The Morgan fingerprint density at radius 2 is 2.27 bits per heavy atom. The van der Waals surface area contributed by atoms with Crippen LogP contribution in [-0.4, -0.2) is 36.6 Å². The normalized spacial score (nSPS) is 45.0. The maximum absolute atomic E-state index is 9.65. The molecule has 0 aromatic carbocycles. The SMILES string of the molecule is OC1CCOCC12CCCO2.